The molecular formula is C15H31NO. The Bertz CT molecular complexity index is 221. The third kappa shape index (κ3) is 3.69. The summed E-state index contributed by atoms with van der Waals surface area (Å²) in [7, 11) is 0. The summed E-state index contributed by atoms with van der Waals surface area (Å²) in [6, 6.07) is 0. The summed E-state index contributed by atoms with van der Waals surface area (Å²) >= 11 is 0. The molecule has 17 heavy (non-hydrogen) atoms. The largest absolute Gasteiger partial charge is 0.389 e. The Balaban J connectivity index is 2.47. The standard InChI is InChI=1S/C15H31NO/c1-6-15(7-2)8-10-16(11-9-15)12-14(5,17)13(3)4/h13,17H,6-12H2,1-5H3. The van der Waals surface area contributed by atoms with E-state index in [9.17, 15) is 5.11 Å². The molecule has 2 nitrogen and oxygen atoms in total. The van der Waals surface area contributed by atoms with Crippen LogP contribution in [0.2, 0.25) is 0 Å². The Kier molecular flexibility index (Phi) is 5.03. The quantitative estimate of drug-likeness (QED) is 0.798. The van der Waals surface area contributed by atoms with Crippen molar-refractivity contribution < 1.29 is 5.11 Å². The molecule has 1 fully saturated rings. The molecule has 1 saturated heterocycles. The molecule has 0 spiro atoms. The van der Waals surface area contributed by atoms with Crippen molar-refractivity contribution in [2.24, 2.45) is 11.3 Å². The molecule has 1 heterocycles. The molecule has 102 valence electrons. The molecule has 1 aliphatic heterocycles. The number of hydrogen-bond acceptors (Lipinski definition) is 2. The summed E-state index contributed by atoms with van der Waals surface area (Å²) in [5.74, 6) is 0.325. The molecule has 1 atom stereocenters. The fourth-order valence-corrected chi connectivity index (χ4v) is 2.78. The first kappa shape index (κ1) is 15.0. The van der Waals surface area contributed by atoms with Gasteiger partial charge < -0.3 is 10.0 Å². The van der Waals surface area contributed by atoms with E-state index in [0.29, 0.717) is 11.3 Å². The highest BCUT2D eigenvalue weighted by molar-refractivity contribution is 4.88. The summed E-state index contributed by atoms with van der Waals surface area (Å²) in [5, 5.41) is 10.3. The number of aliphatic hydroxyl groups is 1. The molecule has 1 unspecified atom stereocenters. The van der Waals surface area contributed by atoms with E-state index in [2.05, 4.69) is 32.6 Å². The average Bonchev–Trinajstić information content (AvgIpc) is 2.30. The van der Waals surface area contributed by atoms with Crippen LogP contribution in [-0.4, -0.2) is 35.2 Å². The van der Waals surface area contributed by atoms with Crippen LogP contribution in [0.3, 0.4) is 0 Å². The molecule has 0 aromatic rings. The molecule has 0 bridgehead atoms. The first-order valence-electron chi connectivity index (χ1n) is 7.30. The molecular weight excluding hydrogens is 210 g/mol. The van der Waals surface area contributed by atoms with Crippen LogP contribution >= 0.6 is 0 Å². The number of piperidine rings is 1. The minimum Gasteiger partial charge on any atom is -0.389 e. The van der Waals surface area contributed by atoms with Gasteiger partial charge in [-0.25, -0.2) is 0 Å². The number of rotatable bonds is 5. The predicted octanol–water partition coefficient (Wildman–Crippen LogP) is 3.30. The van der Waals surface area contributed by atoms with Gasteiger partial charge in [-0.3, -0.25) is 0 Å². The number of β-amino-alcohol motifs (C(OH)–C–C–N with tert-alkyl or cyclic N) is 1. The molecule has 0 aliphatic carbocycles. The van der Waals surface area contributed by atoms with Crippen LogP contribution < -0.4 is 0 Å². The summed E-state index contributed by atoms with van der Waals surface area (Å²) in [6.07, 6.45) is 5.21. The van der Waals surface area contributed by atoms with Gasteiger partial charge in [0.1, 0.15) is 0 Å². The maximum absolute atomic E-state index is 10.3. The van der Waals surface area contributed by atoms with Gasteiger partial charge in [0.2, 0.25) is 0 Å². The van der Waals surface area contributed by atoms with Gasteiger partial charge in [0.15, 0.2) is 0 Å². The second kappa shape index (κ2) is 5.71. The van der Waals surface area contributed by atoms with Crippen molar-refractivity contribution in [3.63, 3.8) is 0 Å². The summed E-state index contributed by atoms with van der Waals surface area (Å²) in [6.45, 7) is 14.0. The van der Waals surface area contributed by atoms with Gasteiger partial charge in [-0.1, -0.05) is 40.5 Å². The van der Waals surface area contributed by atoms with Crippen molar-refractivity contribution in [2.45, 2.75) is 65.9 Å². The van der Waals surface area contributed by atoms with E-state index in [4.69, 9.17) is 0 Å². The van der Waals surface area contributed by atoms with Crippen molar-refractivity contribution in [1.29, 1.82) is 0 Å². The molecule has 2 heteroatoms. The van der Waals surface area contributed by atoms with Gasteiger partial charge in [0, 0.05) is 6.54 Å². The molecule has 0 saturated carbocycles. The van der Waals surface area contributed by atoms with E-state index in [-0.39, 0.29) is 0 Å². The molecule has 0 aromatic carbocycles. The van der Waals surface area contributed by atoms with Crippen molar-refractivity contribution in [1.82, 2.24) is 4.90 Å². The van der Waals surface area contributed by atoms with Crippen LogP contribution in [0.15, 0.2) is 0 Å². The Morgan fingerprint density at radius 2 is 1.65 bits per heavy atom. The van der Waals surface area contributed by atoms with Gasteiger partial charge in [-0.2, -0.15) is 0 Å². The van der Waals surface area contributed by atoms with E-state index in [0.717, 1.165) is 19.6 Å². The van der Waals surface area contributed by atoms with E-state index >= 15 is 0 Å². The third-order valence-electron chi connectivity index (χ3n) is 5.20. The second-order valence-electron chi connectivity index (χ2n) is 6.50. The van der Waals surface area contributed by atoms with Crippen LogP contribution in [0.5, 0.6) is 0 Å². The second-order valence-corrected chi connectivity index (χ2v) is 6.50. The molecule has 0 aromatic heterocycles. The van der Waals surface area contributed by atoms with E-state index in [1.807, 2.05) is 6.92 Å². The first-order valence-corrected chi connectivity index (χ1v) is 7.30. The topological polar surface area (TPSA) is 23.5 Å². The predicted molar refractivity (Wildman–Crippen MR) is 74.2 cm³/mol. The van der Waals surface area contributed by atoms with Gasteiger partial charge in [0.05, 0.1) is 5.60 Å². The zero-order valence-corrected chi connectivity index (χ0v) is 12.4. The Morgan fingerprint density at radius 3 is 2.00 bits per heavy atom. The maximum atomic E-state index is 10.3. The Hall–Kier alpha value is -0.0800. The summed E-state index contributed by atoms with van der Waals surface area (Å²) in [4.78, 5) is 2.45. The van der Waals surface area contributed by atoms with Crippen molar-refractivity contribution in [3.05, 3.63) is 0 Å². The maximum Gasteiger partial charge on any atom is 0.0768 e. The van der Waals surface area contributed by atoms with Gasteiger partial charge in [-0.05, 0) is 44.2 Å². The van der Waals surface area contributed by atoms with Crippen molar-refractivity contribution in [2.75, 3.05) is 19.6 Å². The lowest BCUT2D eigenvalue weighted by molar-refractivity contribution is -0.0341. The van der Waals surface area contributed by atoms with Crippen LogP contribution in [0.1, 0.15) is 60.3 Å². The molecule has 0 amide bonds. The first-order chi connectivity index (χ1) is 7.85. The summed E-state index contributed by atoms with van der Waals surface area (Å²) < 4.78 is 0. The number of hydrogen-bond donors (Lipinski definition) is 1. The molecule has 1 rings (SSSR count). The van der Waals surface area contributed by atoms with E-state index in [1.165, 1.54) is 25.7 Å². The number of likely N-dealkylation sites (tertiary alicyclic amines) is 1. The average molecular weight is 241 g/mol. The van der Waals surface area contributed by atoms with Crippen molar-refractivity contribution >= 4 is 0 Å². The monoisotopic (exact) mass is 241 g/mol. The van der Waals surface area contributed by atoms with Crippen LogP contribution in [-0.2, 0) is 0 Å². The van der Waals surface area contributed by atoms with Gasteiger partial charge >= 0.3 is 0 Å². The van der Waals surface area contributed by atoms with Crippen LogP contribution in [0.4, 0.5) is 0 Å². The number of nitrogens with zero attached hydrogens (tertiary/aromatic N) is 1. The van der Waals surface area contributed by atoms with Crippen molar-refractivity contribution in [3.8, 4) is 0 Å². The van der Waals surface area contributed by atoms with Gasteiger partial charge in [-0.15, -0.1) is 0 Å². The minimum absolute atomic E-state index is 0.325. The highest BCUT2D eigenvalue weighted by Crippen LogP contribution is 2.38. The molecule has 1 aliphatic rings. The fraction of sp³-hybridized carbons (Fsp3) is 1.00. The van der Waals surface area contributed by atoms with Crippen LogP contribution in [0.25, 0.3) is 0 Å². The highest BCUT2D eigenvalue weighted by Gasteiger charge is 2.34. The minimum atomic E-state index is -0.543. The normalized spacial score (nSPS) is 24.9. The Morgan fingerprint density at radius 1 is 1.18 bits per heavy atom. The lowest BCUT2D eigenvalue weighted by Crippen LogP contribution is -2.49. The van der Waals surface area contributed by atoms with E-state index < -0.39 is 5.60 Å². The Labute approximate surface area is 107 Å². The summed E-state index contributed by atoms with van der Waals surface area (Å²) in [5.41, 5.74) is 0.0403. The highest BCUT2D eigenvalue weighted by atomic mass is 16.3. The third-order valence-corrected chi connectivity index (χ3v) is 5.20. The zero-order chi connectivity index (χ0) is 13.1. The lowest BCUT2D eigenvalue weighted by atomic mass is 9.74. The fourth-order valence-electron chi connectivity index (χ4n) is 2.78. The van der Waals surface area contributed by atoms with E-state index in [1.54, 1.807) is 0 Å². The smallest absolute Gasteiger partial charge is 0.0768 e. The lowest BCUT2D eigenvalue weighted by Gasteiger charge is -2.43. The van der Waals surface area contributed by atoms with Gasteiger partial charge in [0.25, 0.3) is 0 Å². The van der Waals surface area contributed by atoms with Crippen LogP contribution in [0, 0.1) is 11.3 Å². The SMILES string of the molecule is CCC1(CC)CCN(CC(C)(O)C(C)C)CC1. The zero-order valence-electron chi connectivity index (χ0n) is 12.4. The molecule has 1 N–H and O–H groups in total. The molecule has 0 radical (unpaired) electrons.